The molecule has 3 amide bonds. The number of benzene rings is 1. The summed E-state index contributed by atoms with van der Waals surface area (Å²) in [5, 5.41) is 16.7. The lowest BCUT2D eigenvalue weighted by atomic mass is 10.1. The summed E-state index contributed by atoms with van der Waals surface area (Å²) in [4.78, 5) is 32.7. The molecule has 1 fully saturated rings. The first-order valence-corrected chi connectivity index (χ1v) is 13.4. The van der Waals surface area contributed by atoms with Crippen LogP contribution in [-0.2, 0) is 4.79 Å². The molecule has 0 spiro atoms. The lowest BCUT2D eigenvalue weighted by Crippen LogP contribution is -2.64. The molecule has 0 aromatic heterocycles. The Bertz CT molecular complexity index is 938. The number of rotatable bonds is 13. The van der Waals surface area contributed by atoms with Crippen molar-refractivity contribution < 1.29 is 14.7 Å². The summed E-state index contributed by atoms with van der Waals surface area (Å²) >= 11 is 3.38. The van der Waals surface area contributed by atoms with Gasteiger partial charge in [-0.2, -0.15) is 5.10 Å². The van der Waals surface area contributed by atoms with Gasteiger partial charge in [0.05, 0.1) is 6.21 Å². The van der Waals surface area contributed by atoms with Crippen molar-refractivity contribution in [3.8, 4) is 5.75 Å². The van der Waals surface area contributed by atoms with Gasteiger partial charge in [-0.05, 0) is 24.6 Å². The third kappa shape index (κ3) is 7.43. The van der Waals surface area contributed by atoms with Crippen LogP contribution in [0.3, 0.4) is 0 Å². The molecule has 3 N–H and O–H groups in total. The summed E-state index contributed by atoms with van der Waals surface area (Å²) in [5.74, 6) is 0.199. The minimum absolute atomic E-state index is 0.104. The molecule has 2 unspecified atom stereocenters. The number of nitrogens with zero attached hydrogens (tertiary/aromatic N) is 4. The number of aromatic hydroxyl groups is 1. The van der Waals surface area contributed by atoms with E-state index in [0.29, 0.717) is 18.1 Å². The Morgan fingerprint density at radius 3 is 2.46 bits per heavy atom. The van der Waals surface area contributed by atoms with E-state index in [1.807, 2.05) is 4.90 Å². The van der Waals surface area contributed by atoms with Gasteiger partial charge in [0.15, 0.2) is 12.2 Å². The number of nitrogens with one attached hydrogen (secondary N) is 2. The predicted molar refractivity (Wildman–Crippen MR) is 141 cm³/mol. The Hall–Kier alpha value is -2.62. The quantitative estimate of drug-likeness (QED) is 0.190. The van der Waals surface area contributed by atoms with Crippen LogP contribution in [0.15, 0.2) is 32.8 Å². The number of fused-ring (bicyclic) bond motifs is 1. The molecule has 2 atom stereocenters. The topological polar surface area (TPSA) is 110 Å². The van der Waals surface area contributed by atoms with E-state index in [-0.39, 0.29) is 11.7 Å². The van der Waals surface area contributed by atoms with E-state index < -0.39 is 18.2 Å². The predicted octanol–water partition coefficient (Wildman–Crippen LogP) is 4.55. The summed E-state index contributed by atoms with van der Waals surface area (Å²) in [6.07, 6.45) is 13.1. The molecule has 1 aromatic carbocycles. The average Bonchev–Trinajstić information content (AvgIpc) is 3.20. The van der Waals surface area contributed by atoms with E-state index in [0.717, 1.165) is 17.3 Å². The molecule has 9 nitrogen and oxygen atoms in total. The molecular formula is C25H37BrN6O3. The van der Waals surface area contributed by atoms with Crippen molar-refractivity contribution in [2.45, 2.75) is 83.3 Å². The highest BCUT2D eigenvalue weighted by atomic mass is 79.9. The fourth-order valence-corrected chi connectivity index (χ4v) is 4.80. The molecule has 0 saturated carbocycles. The van der Waals surface area contributed by atoms with Gasteiger partial charge in [-0.3, -0.25) is 10.1 Å². The highest BCUT2D eigenvalue weighted by Gasteiger charge is 2.48. The second-order valence-electron chi connectivity index (χ2n) is 9.16. The third-order valence-electron chi connectivity index (χ3n) is 6.47. The van der Waals surface area contributed by atoms with Gasteiger partial charge in [-0.25, -0.2) is 15.2 Å². The van der Waals surface area contributed by atoms with Crippen molar-refractivity contribution >= 4 is 40.0 Å². The third-order valence-corrected chi connectivity index (χ3v) is 6.96. The molecule has 1 aromatic rings. The number of urea groups is 1. The molecule has 3 rings (SSSR count). The average molecular weight is 550 g/mol. The number of phenols is 1. The Labute approximate surface area is 216 Å². The first-order chi connectivity index (χ1) is 16.9. The number of phenolic OH excluding ortho intramolecular Hbond substituents is 1. The first-order valence-electron chi connectivity index (χ1n) is 12.6. The fraction of sp³-hybridized carbons (Fsp3) is 0.600. The number of likely N-dealkylation sites (N-methyl/N-ethyl adjacent to an activating group) is 1. The van der Waals surface area contributed by atoms with Crippen LogP contribution in [0.1, 0.15) is 76.7 Å². The van der Waals surface area contributed by atoms with Gasteiger partial charge in [0.2, 0.25) is 5.96 Å². The number of hydrogen-bond acceptors (Lipinski definition) is 7. The molecule has 0 bridgehead atoms. The minimum atomic E-state index is -0.601. The monoisotopic (exact) mass is 548 g/mol. The highest BCUT2D eigenvalue weighted by molar-refractivity contribution is 9.10. The van der Waals surface area contributed by atoms with Crippen LogP contribution in [0, 0.1) is 0 Å². The lowest BCUT2D eigenvalue weighted by molar-refractivity contribution is -0.127. The Kier molecular flexibility index (Phi) is 10.4. The lowest BCUT2D eigenvalue weighted by Gasteiger charge is -2.36. The number of hydrazone groups is 1. The van der Waals surface area contributed by atoms with Gasteiger partial charge in [-0.15, -0.1) is 0 Å². The number of halogens is 1. The molecule has 1 saturated heterocycles. The maximum atomic E-state index is 12.7. The molecule has 192 valence electrons. The minimum Gasteiger partial charge on any atom is -0.507 e. The maximum absolute atomic E-state index is 12.7. The van der Waals surface area contributed by atoms with Gasteiger partial charge < -0.3 is 14.9 Å². The number of imide groups is 1. The van der Waals surface area contributed by atoms with Gasteiger partial charge in [0.25, 0.3) is 5.91 Å². The van der Waals surface area contributed by atoms with Crippen molar-refractivity contribution in [3.63, 3.8) is 0 Å². The van der Waals surface area contributed by atoms with Crippen LogP contribution >= 0.6 is 15.9 Å². The SMILES string of the molecule is CCCCCCCCCCCCN1C(N/N=C\c2cc(Br)ccc2O)=NC2C1C(=O)NC(=O)N2C. The van der Waals surface area contributed by atoms with E-state index in [2.05, 4.69) is 43.7 Å². The Morgan fingerprint density at radius 2 is 1.77 bits per heavy atom. The van der Waals surface area contributed by atoms with E-state index >= 15 is 0 Å². The number of carbonyl (C=O) groups excluding carboxylic acids is 2. The molecule has 10 heteroatoms. The van der Waals surface area contributed by atoms with Crippen molar-refractivity contribution in [2.24, 2.45) is 10.1 Å². The van der Waals surface area contributed by atoms with Crippen LogP contribution in [0.25, 0.3) is 0 Å². The number of amides is 3. The standard InChI is InChI=1S/C25H37BrN6O3/c1-3-4-5-6-7-8-9-10-11-12-15-32-21-22(31(2)25(35)29-23(21)34)28-24(32)30-27-17-18-16-19(26)13-14-20(18)33/h13-14,16-17,21-22,33H,3-12,15H2,1-2H3,(H,28,30)(H,29,34,35)/b27-17-. The number of unbranched alkanes of at least 4 members (excludes halogenated alkanes) is 9. The molecule has 0 radical (unpaired) electrons. The Morgan fingerprint density at radius 1 is 1.11 bits per heavy atom. The summed E-state index contributed by atoms with van der Waals surface area (Å²) in [7, 11) is 1.63. The van der Waals surface area contributed by atoms with E-state index in [4.69, 9.17) is 0 Å². The van der Waals surface area contributed by atoms with E-state index in [1.54, 1.807) is 25.2 Å². The molecule has 2 heterocycles. The highest BCUT2D eigenvalue weighted by Crippen LogP contribution is 2.24. The summed E-state index contributed by atoms with van der Waals surface area (Å²) in [5.41, 5.74) is 3.46. The zero-order chi connectivity index (χ0) is 25.2. The van der Waals surface area contributed by atoms with Crippen LogP contribution in [-0.4, -0.2) is 64.8 Å². The van der Waals surface area contributed by atoms with Crippen LogP contribution < -0.4 is 10.7 Å². The second kappa shape index (κ2) is 13.5. The smallest absolute Gasteiger partial charge is 0.325 e. The number of carbonyl (C=O) groups is 2. The fourth-order valence-electron chi connectivity index (χ4n) is 4.42. The van der Waals surface area contributed by atoms with Crippen LogP contribution in [0.5, 0.6) is 5.75 Å². The van der Waals surface area contributed by atoms with E-state index in [1.165, 1.54) is 62.5 Å². The van der Waals surface area contributed by atoms with Crippen molar-refractivity contribution in [1.82, 2.24) is 20.5 Å². The second-order valence-corrected chi connectivity index (χ2v) is 10.1. The largest absolute Gasteiger partial charge is 0.507 e. The molecule has 2 aliphatic rings. The zero-order valence-electron chi connectivity index (χ0n) is 20.7. The van der Waals surface area contributed by atoms with Gasteiger partial charge >= 0.3 is 6.03 Å². The summed E-state index contributed by atoms with van der Waals surface area (Å²) in [6, 6.07) is 4.02. The number of aliphatic imine (C=N–C) groups is 1. The number of guanidine groups is 1. The van der Waals surface area contributed by atoms with Gasteiger partial charge in [0.1, 0.15) is 5.75 Å². The van der Waals surface area contributed by atoms with Crippen LogP contribution in [0.2, 0.25) is 0 Å². The van der Waals surface area contributed by atoms with Crippen molar-refractivity contribution in [2.75, 3.05) is 13.6 Å². The van der Waals surface area contributed by atoms with Crippen molar-refractivity contribution in [3.05, 3.63) is 28.2 Å². The molecule has 0 aliphatic carbocycles. The van der Waals surface area contributed by atoms with Gasteiger partial charge in [0, 0.05) is 23.6 Å². The normalized spacial score (nSPS) is 19.8. The number of hydrogen-bond donors (Lipinski definition) is 3. The molecule has 2 aliphatic heterocycles. The maximum Gasteiger partial charge on any atom is 0.325 e. The van der Waals surface area contributed by atoms with Crippen molar-refractivity contribution in [1.29, 1.82) is 0 Å². The van der Waals surface area contributed by atoms with Crippen LogP contribution in [0.4, 0.5) is 4.79 Å². The zero-order valence-corrected chi connectivity index (χ0v) is 22.3. The summed E-state index contributed by atoms with van der Waals surface area (Å²) < 4.78 is 0.820. The first kappa shape index (κ1) is 27.0. The van der Waals surface area contributed by atoms with E-state index in [9.17, 15) is 14.7 Å². The molecular weight excluding hydrogens is 512 g/mol. The Balaban J connectivity index is 1.56. The summed E-state index contributed by atoms with van der Waals surface area (Å²) in [6.45, 7) is 2.87. The van der Waals surface area contributed by atoms with Gasteiger partial charge in [-0.1, -0.05) is 80.6 Å². The molecule has 35 heavy (non-hydrogen) atoms.